The van der Waals surface area contributed by atoms with E-state index >= 15 is 0 Å². The molecule has 25 heavy (non-hydrogen) atoms. The SMILES string of the molecule is NC(=O)[C@H]1Cc2ccccc2CN1Cc1nnc(-c2ccccc2)o1. The molecule has 0 radical (unpaired) electrons. The number of fused-ring (bicyclic) bond motifs is 1. The average Bonchev–Trinajstić information content (AvgIpc) is 3.10. The molecule has 0 spiro atoms. The molecule has 6 nitrogen and oxygen atoms in total. The average molecular weight is 334 g/mol. The standard InChI is InChI=1S/C19H18N4O2/c20-18(24)16-10-14-8-4-5-9-15(14)11-23(16)12-17-21-22-19(25-17)13-6-2-1-3-7-13/h1-9,16H,10-12H2,(H2,20,24)/t16-/m1/s1. The monoisotopic (exact) mass is 334 g/mol. The van der Waals surface area contributed by atoms with Crippen molar-refractivity contribution < 1.29 is 9.21 Å². The highest BCUT2D eigenvalue weighted by molar-refractivity contribution is 5.80. The molecule has 2 heterocycles. The van der Waals surface area contributed by atoms with Gasteiger partial charge in [0.15, 0.2) is 0 Å². The number of hydrogen-bond acceptors (Lipinski definition) is 5. The van der Waals surface area contributed by atoms with Gasteiger partial charge >= 0.3 is 0 Å². The van der Waals surface area contributed by atoms with E-state index < -0.39 is 0 Å². The molecular formula is C19H18N4O2. The van der Waals surface area contributed by atoms with Gasteiger partial charge in [0.2, 0.25) is 17.7 Å². The van der Waals surface area contributed by atoms with Gasteiger partial charge in [-0.05, 0) is 29.7 Å². The summed E-state index contributed by atoms with van der Waals surface area (Å²) in [4.78, 5) is 13.9. The van der Waals surface area contributed by atoms with Crippen LogP contribution in [0.25, 0.3) is 11.5 Å². The largest absolute Gasteiger partial charge is 0.419 e. The van der Waals surface area contributed by atoms with E-state index in [1.807, 2.05) is 53.4 Å². The topological polar surface area (TPSA) is 85.3 Å². The number of carbonyl (C=O) groups excluding carboxylic acids is 1. The van der Waals surface area contributed by atoms with E-state index in [1.54, 1.807) is 0 Å². The molecule has 2 aromatic carbocycles. The van der Waals surface area contributed by atoms with E-state index in [-0.39, 0.29) is 11.9 Å². The highest BCUT2D eigenvalue weighted by Gasteiger charge is 2.31. The van der Waals surface area contributed by atoms with Crippen molar-refractivity contribution in [2.24, 2.45) is 5.73 Å². The minimum Gasteiger partial charge on any atom is -0.419 e. The van der Waals surface area contributed by atoms with Crippen LogP contribution >= 0.6 is 0 Å². The number of aromatic nitrogens is 2. The summed E-state index contributed by atoms with van der Waals surface area (Å²) < 4.78 is 5.77. The Morgan fingerprint density at radius 1 is 1.08 bits per heavy atom. The van der Waals surface area contributed by atoms with Crippen LogP contribution in [-0.4, -0.2) is 27.0 Å². The zero-order valence-electron chi connectivity index (χ0n) is 13.6. The first-order valence-electron chi connectivity index (χ1n) is 8.18. The van der Waals surface area contributed by atoms with Crippen molar-refractivity contribution in [1.29, 1.82) is 0 Å². The van der Waals surface area contributed by atoms with E-state index in [0.29, 0.717) is 31.3 Å². The number of nitrogens with zero attached hydrogens (tertiary/aromatic N) is 3. The quantitative estimate of drug-likeness (QED) is 0.790. The third-order valence-corrected chi connectivity index (χ3v) is 4.50. The molecule has 126 valence electrons. The molecule has 0 saturated heterocycles. The van der Waals surface area contributed by atoms with E-state index in [4.69, 9.17) is 10.2 Å². The maximum absolute atomic E-state index is 11.9. The van der Waals surface area contributed by atoms with Crippen LogP contribution in [0.4, 0.5) is 0 Å². The predicted octanol–water partition coefficient (Wildman–Crippen LogP) is 2.15. The Labute approximate surface area is 145 Å². The van der Waals surface area contributed by atoms with Crippen molar-refractivity contribution in [2.75, 3.05) is 0 Å². The van der Waals surface area contributed by atoms with Crippen molar-refractivity contribution >= 4 is 5.91 Å². The van der Waals surface area contributed by atoms with Gasteiger partial charge in [-0.1, -0.05) is 42.5 Å². The van der Waals surface area contributed by atoms with Crippen LogP contribution in [0.2, 0.25) is 0 Å². The number of hydrogen-bond donors (Lipinski definition) is 1. The van der Waals surface area contributed by atoms with Gasteiger partial charge in [0.25, 0.3) is 0 Å². The van der Waals surface area contributed by atoms with E-state index in [9.17, 15) is 4.79 Å². The minimum atomic E-state index is -0.373. The summed E-state index contributed by atoms with van der Waals surface area (Å²) in [6.07, 6.45) is 0.602. The second-order valence-corrected chi connectivity index (χ2v) is 6.16. The summed E-state index contributed by atoms with van der Waals surface area (Å²) in [5.41, 5.74) is 8.85. The summed E-state index contributed by atoms with van der Waals surface area (Å²) in [5, 5.41) is 8.23. The molecule has 0 bridgehead atoms. The van der Waals surface area contributed by atoms with E-state index in [2.05, 4.69) is 16.3 Å². The number of carbonyl (C=O) groups is 1. The van der Waals surface area contributed by atoms with Crippen LogP contribution in [0.5, 0.6) is 0 Å². The zero-order valence-corrected chi connectivity index (χ0v) is 13.6. The van der Waals surface area contributed by atoms with E-state index in [0.717, 1.165) is 11.1 Å². The predicted molar refractivity (Wildman–Crippen MR) is 92.1 cm³/mol. The van der Waals surface area contributed by atoms with Crippen molar-refractivity contribution in [3.63, 3.8) is 0 Å². The Morgan fingerprint density at radius 2 is 1.80 bits per heavy atom. The van der Waals surface area contributed by atoms with Gasteiger partial charge in [-0.25, -0.2) is 0 Å². The zero-order chi connectivity index (χ0) is 17.2. The number of amides is 1. The normalized spacial score (nSPS) is 17.2. The number of rotatable bonds is 4. The molecule has 0 saturated carbocycles. The molecule has 4 rings (SSSR count). The van der Waals surface area contributed by atoms with Crippen molar-refractivity contribution in [1.82, 2.24) is 15.1 Å². The molecule has 1 aromatic heterocycles. The molecule has 0 aliphatic carbocycles. The van der Waals surface area contributed by atoms with Gasteiger partial charge < -0.3 is 10.2 Å². The van der Waals surface area contributed by atoms with Crippen LogP contribution in [0, 0.1) is 0 Å². The Kier molecular flexibility index (Phi) is 4.03. The first-order valence-corrected chi connectivity index (χ1v) is 8.18. The molecule has 0 fully saturated rings. The van der Waals surface area contributed by atoms with Gasteiger partial charge in [-0.3, -0.25) is 9.69 Å². The Balaban J connectivity index is 1.57. The minimum absolute atomic E-state index is 0.336. The summed E-state index contributed by atoms with van der Waals surface area (Å²) in [6.45, 7) is 1.02. The van der Waals surface area contributed by atoms with Crippen molar-refractivity contribution in [3.8, 4) is 11.5 Å². The second kappa shape index (κ2) is 6.49. The van der Waals surface area contributed by atoms with Gasteiger partial charge in [0.05, 0.1) is 12.6 Å². The van der Waals surface area contributed by atoms with Crippen LogP contribution in [0.1, 0.15) is 17.0 Å². The molecule has 3 aromatic rings. The number of benzene rings is 2. The fraction of sp³-hybridized carbons (Fsp3) is 0.211. The molecule has 2 N–H and O–H groups in total. The third-order valence-electron chi connectivity index (χ3n) is 4.50. The number of primary amides is 1. The highest BCUT2D eigenvalue weighted by atomic mass is 16.4. The van der Waals surface area contributed by atoms with Crippen LogP contribution in [0.15, 0.2) is 59.0 Å². The highest BCUT2D eigenvalue weighted by Crippen LogP contribution is 2.25. The number of nitrogens with two attached hydrogens (primary N) is 1. The van der Waals surface area contributed by atoms with Crippen molar-refractivity contribution in [3.05, 3.63) is 71.6 Å². The Bertz CT molecular complexity index is 891. The Hall–Kier alpha value is -2.99. The van der Waals surface area contributed by atoms with Crippen LogP contribution in [0.3, 0.4) is 0 Å². The van der Waals surface area contributed by atoms with Crippen LogP contribution in [-0.2, 0) is 24.3 Å². The molecule has 6 heteroatoms. The smallest absolute Gasteiger partial charge is 0.247 e. The summed E-state index contributed by atoms with van der Waals surface area (Å²) >= 11 is 0. The molecule has 1 atom stereocenters. The summed E-state index contributed by atoms with van der Waals surface area (Å²) in [7, 11) is 0. The molecule has 1 amide bonds. The lowest BCUT2D eigenvalue weighted by atomic mass is 9.93. The fourth-order valence-corrected chi connectivity index (χ4v) is 3.21. The summed E-state index contributed by atoms with van der Waals surface area (Å²) in [6, 6.07) is 17.3. The Morgan fingerprint density at radius 3 is 2.56 bits per heavy atom. The fourth-order valence-electron chi connectivity index (χ4n) is 3.21. The lowest BCUT2D eigenvalue weighted by molar-refractivity contribution is -0.124. The van der Waals surface area contributed by atoms with Gasteiger partial charge in [0, 0.05) is 12.1 Å². The van der Waals surface area contributed by atoms with Gasteiger partial charge in [-0.15, -0.1) is 10.2 Å². The maximum atomic E-state index is 11.9. The summed E-state index contributed by atoms with van der Waals surface area (Å²) in [5.74, 6) is 0.616. The molecule has 1 aliphatic heterocycles. The van der Waals surface area contributed by atoms with Gasteiger partial charge in [0.1, 0.15) is 0 Å². The first-order chi connectivity index (χ1) is 12.2. The van der Waals surface area contributed by atoms with E-state index in [1.165, 1.54) is 5.56 Å². The van der Waals surface area contributed by atoms with Crippen LogP contribution < -0.4 is 5.73 Å². The molecule has 1 aliphatic rings. The van der Waals surface area contributed by atoms with Gasteiger partial charge in [-0.2, -0.15) is 0 Å². The third kappa shape index (κ3) is 3.16. The first kappa shape index (κ1) is 15.5. The molecular weight excluding hydrogens is 316 g/mol. The molecule has 0 unspecified atom stereocenters. The lowest BCUT2D eigenvalue weighted by Gasteiger charge is -2.33. The van der Waals surface area contributed by atoms with Crippen molar-refractivity contribution in [2.45, 2.75) is 25.6 Å². The maximum Gasteiger partial charge on any atom is 0.247 e. The lowest BCUT2D eigenvalue weighted by Crippen LogP contribution is -2.48. The second-order valence-electron chi connectivity index (χ2n) is 6.16.